The molecule has 1 aromatic carbocycles. The Balaban J connectivity index is 1.98. The number of aliphatic carboxylic acids is 2. The van der Waals surface area contributed by atoms with E-state index in [1.807, 2.05) is 12.1 Å². The van der Waals surface area contributed by atoms with Crippen LogP contribution in [0.5, 0.6) is 0 Å². The van der Waals surface area contributed by atoms with E-state index >= 15 is 0 Å². The van der Waals surface area contributed by atoms with Crippen molar-refractivity contribution < 1.29 is 34.1 Å². The molecular weight excluding hydrogens is 340 g/mol. The Labute approximate surface area is 151 Å². The summed E-state index contributed by atoms with van der Waals surface area (Å²) in [4.78, 5) is 45.5. The van der Waals surface area contributed by atoms with Crippen LogP contribution in [0.2, 0.25) is 0 Å². The number of esters is 1. The molecule has 0 amide bonds. The lowest BCUT2D eigenvalue weighted by atomic mass is 9.94. The van der Waals surface area contributed by atoms with Crippen molar-refractivity contribution >= 4 is 23.7 Å². The number of carbonyl (C=O) groups is 4. The maximum atomic E-state index is 12.1. The third-order valence-electron chi connectivity index (χ3n) is 4.64. The minimum atomic E-state index is -1.71. The third-order valence-corrected chi connectivity index (χ3v) is 4.64. The number of ether oxygens (including phenoxy) is 1. The van der Waals surface area contributed by atoms with Gasteiger partial charge in [0.25, 0.3) is 0 Å². The number of hydrogen-bond donors (Lipinski definition) is 2. The number of carbonyl (C=O) groups excluding carboxylic acids is 2. The van der Waals surface area contributed by atoms with Gasteiger partial charge in [-0.2, -0.15) is 0 Å². The smallest absolute Gasteiger partial charge is 0.345 e. The van der Waals surface area contributed by atoms with Gasteiger partial charge in [0, 0.05) is 12.3 Å². The van der Waals surface area contributed by atoms with Gasteiger partial charge in [0.05, 0.1) is 12.3 Å². The van der Waals surface area contributed by atoms with Crippen molar-refractivity contribution in [1.82, 2.24) is 0 Å². The van der Waals surface area contributed by atoms with E-state index in [0.717, 1.165) is 18.4 Å². The number of Topliss-reactive ketones (excluding diaryl/α,β-unsaturated/α-hetero) is 1. The molecule has 2 N–H and O–H groups in total. The molecule has 26 heavy (non-hydrogen) atoms. The number of benzene rings is 1. The van der Waals surface area contributed by atoms with Crippen molar-refractivity contribution in [3.63, 3.8) is 0 Å². The topological polar surface area (TPSA) is 118 Å². The summed E-state index contributed by atoms with van der Waals surface area (Å²) in [6.07, 6.45) is 0.664. The molecule has 1 aliphatic carbocycles. The van der Waals surface area contributed by atoms with E-state index < -0.39 is 36.4 Å². The third kappa shape index (κ3) is 5.15. The number of carboxylic acids is 2. The van der Waals surface area contributed by atoms with Gasteiger partial charge >= 0.3 is 17.9 Å². The first kappa shape index (κ1) is 19.6. The number of carboxylic acid groups (broad SMARTS) is 2. The Bertz CT molecular complexity index is 692. The Morgan fingerprint density at radius 2 is 1.85 bits per heavy atom. The van der Waals surface area contributed by atoms with Gasteiger partial charge in [0.1, 0.15) is 5.78 Å². The highest BCUT2D eigenvalue weighted by atomic mass is 16.6. The molecule has 1 saturated carbocycles. The molecular formula is C19H22O7. The van der Waals surface area contributed by atoms with Gasteiger partial charge < -0.3 is 14.9 Å². The van der Waals surface area contributed by atoms with E-state index in [9.17, 15) is 19.2 Å². The SMILES string of the molecule is CC(C(=O)OC(CC(=O)O)C(=O)O)c1ccc(CC2CCCC2=O)cc1. The zero-order chi connectivity index (χ0) is 19.3. The summed E-state index contributed by atoms with van der Waals surface area (Å²) < 4.78 is 4.83. The van der Waals surface area contributed by atoms with Crippen LogP contribution in [0, 0.1) is 5.92 Å². The maximum Gasteiger partial charge on any atom is 0.345 e. The van der Waals surface area contributed by atoms with Crippen LogP contribution in [0.4, 0.5) is 0 Å². The molecule has 0 aliphatic heterocycles. The van der Waals surface area contributed by atoms with Crippen molar-refractivity contribution in [1.29, 1.82) is 0 Å². The highest BCUT2D eigenvalue weighted by Gasteiger charge is 2.28. The van der Waals surface area contributed by atoms with Gasteiger partial charge in [-0.15, -0.1) is 0 Å². The lowest BCUT2D eigenvalue weighted by Crippen LogP contribution is -2.31. The summed E-state index contributed by atoms with van der Waals surface area (Å²) in [5.74, 6) is -4.02. The molecule has 0 aromatic heterocycles. The lowest BCUT2D eigenvalue weighted by molar-refractivity contribution is -0.168. The molecule has 1 aliphatic rings. The van der Waals surface area contributed by atoms with Crippen LogP contribution < -0.4 is 0 Å². The second kappa shape index (κ2) is 8.60. The van der Waals surface area contributed by atoms with Crippen LogP contribution in [0.1, 0.15) is 49.7 Å². The molecule has 2 rings (SSSR count). The van der Waals surface area contributed by atoms with Gasteiger partial charge in [0.2, 0.25) is 6.10 Å². The average molecular weight is 362 g/mol. The lowest BCUT2D eigenvalue weighted by Gasteiger charge is -2.16. The molecule has 140 valence electrons. The molecule has 0 spiro atoms. The number of hydrogen-bond acceptors (Lipinski definition) is 5. The van der Waals surface area contributed by atoms with Crippen LogP contribution >= 0.6 is 0 Å². The Morgan fingerprint density at radius 1 is 1.19 bits per heavy atom. The van der Waals surface area contributed by atoms with Crippen LogP contribution in [-0.2, 0) is 30.3 Å². The first-order chi connectivity index (χ1) is 12.3. The summed E-state index contributed by atoms with van der Waals surface area (Å²) in [6, 6.07) is 7.18. The number of rotatable bonds is 8. The van der Waals surface area contributed by atoms with E-state index in [0.29, 0.717) is 24.2 Å². The average Bonchev–Trinajstić information content (AvgIpc) is 2.98. The second-order valence-electron chi connectivity index (χ2n) is 6.58. The van der Waals surface area contributed by atoms with Crippen LogP contribution in [0.3, 0.4) is 0 Å². The first-order valence-corrected chi connectivity index (χ1v) is 8.54. The summed E-state index contributed by atoms with van der Waals surface area (Å²) in [5.41, 5.74) is 1.64. The van der Waals surface area contributed by atoms with E-state index in [-0.39, 0.29) is 5.92 Å². The first-order valence-electron chi connectivity index (χ1n) is 8.54. The standard InChI is InChI=1S/C19H22O7/c1-11(19(25)26-16(18(23)24)10-17(21)22)13-7-5-12(6-8-13)9-14-3-2-4-15(14)20/h5-8,11,14,16H,2-4,9-10H2,1H3,(H,21,22)(H,23,24). The molecule has 0 heterocycles. The second-order valence-corrected chi connectivity index (χ2v) is 6.58. The van der Waals surface area contributed by atoms with E-state index in [1.165, 1.54) is 0 Å². The molecule has 7 nitrogen and oxygen atoms in total. The Kier molecular flexibility index (Phi) is 6.49. The van der Waals surface area contributed by atoms with E-state index in [2.05, 4.69) is 0 Å². The molecule has 3 unspecified atom stereocenters. The Morgan fingerprint density at radius 3 is 2.35 bits per heavy atom. The normalized spacial score (nSPS) is 19.0. The Hall–Kier alpha value is -2.70. The fraction of sp³-hybridized carbons (Fsp3) is 0.474. The minimum Gasteiger partial charge on any atom is -0.481 e. The summed E-state index contributed by atoms with van der Waals surface area (Å²) in [5, 5.41) is 17.6. The minimum absolute atomic E-state index is 0.0654. The van der Waals surface area contributed by atoms with Crippen molar-refractivity contribution in [2.75, 3.05) is 0 Å². The predicted molar refractivity (Wildman–Crippen MR) is 90.7 cm³/mol. The monoisotopic (exact) mass is 362 g/mol. The molecule has 0 saturated heterocycles. The summed E-state index contributed by atoms with van der Waals surface area (Å²) in [6.45, 7) is 1.57. The van der Waals surface area contributed by atoms with Crippen molar-refractivity contribution in [3.05, 3.63) is 35.4 Å². The predicted octanol–water partition coefficient (Wildman–Crippen LogP) is 2.17. The van der Waals surface area contributed by atoms with Gasteiger partial charge in [-0.3, -0.25) is 14.4 Å². The fourth-order valence-electron chi connectivity index (χ4n) is 3.05. The number of ketones is 1. The highest BCUT2D eigenvalue weighted by molar-refractivity contribution is 5.85. The summed E-state index contributed by atoms with van der Waals surface area (Å²) >= 11 is 0. The van der Waals surface area contributed by atoms with Crippen molar-refractivity contribution in [3.8, 4) is 0 Å². The van der Waals surface area contributed by atoms with Gasteiger partial charge in [0.15, 0.2) is 0 Å². The zero-order valence-electron chi connectivity index (χ0n) is 14.5. The molecule has 1 fully saturated rings. The van der Waals surface area contributed by atoms with Crippen LogP contribution in [0.25, 0.3) is 0 Å². The van der Waals surface area contributed by atoms with Crippen LogP contribution in [0.15, 0.2) is 24.3 Å². The van der Waals surface area contributed by atoms with Gasteiger partial charge in [-0.25, -0.2) is 4.79 Å². The maximum absolute atomic E-state index is 12.1. The van der Waals surface area contributed by atoms with Gasteiger partial charge in [-0.05, 0) is 37.3 Å². The van der Waals surface area contributed by atoms with Gasteiger partial charge in [-0.1, -0.05) is 24.3 Å². The molecule has 1 aromatic rings. The van der Waals surface area contributed by atoms with Crippen molar-refractivity contribution in [2.24, 2.45) is 5.92 Å². The molecule has 7 heteroatoms. The summed E-state index contributed by atoms with van der Waals surface area (Å²) in [7, 11) is 0. The molecule has 3 atom stereocenters. The zero-order valence-corrected chi connectivity index (χ0v) is 14.5. The van der Waals surface area contributed by atoms with E-state index in [4.69, 9.17) is 14.9 Å². The largest absolute Gasteiger partial charge is 0.481 e. The van der Waals surface area contributed by atoms with Crippen LogP contribution in [-0.4, -0.2) is 40.0 Å². The molecule has 0 radical (unpaired) electrons. The van der Waals surface area contributed by atoms with Crippen molar-refractivity contribution in [2.45, 2.75) is 51.0 Å². The quantitative estimate of drug-likeness (QED) is 0.680. The van der Waals surface area contributed by atoms with E-state index in [1.54, 1.807) is 19.1 Å². The molecule has 0 bridgehead atoms. The fourth-order valence-corrected chi connectivity index (χ4v) is 3.05. The highest BCUT2D eigenvalue weighted by Crippen LogP contribution is 2.26.